The van der Waals surface area contributed by atoms with Gasteiger partial charge in [-0.3, -0.25) is 0 Å². The quantitative estimate of drug-likeness (QED) is 0.795. The van der Waals surface area contributed by atoms with Crippen molar-refractivity contribution < 1.29 is 9.15 Å². The maximum atomic E-state index is 5.49. The van der Waals surface area contributed by atoms with Gasteiger partial charge in [0.1, 0.15) is 5.76 Å². The zero-order valence-electron chi connectivity index (χ0n) is 8.53. The molecule has 1 aliphatic rings. The standard InChI is InChI=1S/C11H17NO2/c1-9-10(4-6-13-9)7-12-8-11-3-2-5-14-11/h2-3,5,9-10,12H,4,6-8H2,1H3. The monoisotopic (exact) mass is 195 g/mol. The van der Waals surface area contributed by atoms with Crippen LogP contribution in [0.3, 0.4) is 0 Å². The van der Waals surface area contributed by atoms with Crippen LogP contribution in [0.4, 0.5) is 0 Å². The Hall–Kier alpha value is -0.800. The summed E-state index contributed by atoms with van der Waals surface area (Å²) >= 11 is 0. The van der Waals surface area contributed by atoms with Crippen LogP contribution < -0.4 is 5.32 Å². The molecule has 2 unspecified atom stereocenters. The fourth-order valence-corrected chi connectivity index (χ4v) is 1.84. The molecule has 14 heavy (non-hydrogen) atoms. The van der Waals surface area contributed by atoms with Gasteiger partial charge in [-0.25, -0.2) is 0 Å². The van der Waals surface area contributed by atoms with E-state index in [-0.39, 0.29) is 0 Å². The topological polar surface area (TPSA) is 34.4 Å². The summed E-state index contributed by atoms with van der Waals surface area (Å²) in [5.74, 6) is 1.65. The van der Waals surface area contributed by atoms with E-state index < -0.39 is 0 Å². The van der Waals surface area contributed by atoms with E-state index in [4.69, 9.17) is 9.15 Å². The van der Waals surface area contributed by atoms with Crippen LogP contribution in [0.1, 0.15) is 19.1 Å². The molecule has 1 aromatic heterocycles. The van der Waals surface area contributed by atoms with Crippen molar-refractivity contribution in [1.82, 2.24) is 5.32 Å². The third kappa shape index (κ3) is 2.36. The second kappa shape index (κ2) is 4.62. The highest BCUT2D eigenvalue weighted by molar-refractivity contribution is 4.97. The first kappa shape index (κ1) is 9.74. The molecule has 3 nitrogen and oxygen atoms in total. The highest BCUT2D eigenvalue weighted by Crippen LogP contribution is 2.19. The molecule has 3 heteroatoms. The molecule has 1 fully saturated rings. The third-order valence-corrected chi connectivity index (χ3v) is 2.82. The lowest BCUT2D eigenvalue weighted by molar-refractivity contribution is 0.105. The SMILES string of the molecule is CC1OCCC1CNCc1ccco1. The minimum atomic E-state index is 0.402. The number of rotatable bonds is 4. The van der Waals surface area contributed by atoms with E-state index in [1.54, 1.807) is 6.26 Å². The van der Waals surface area contributed by atoms with Gasteiger partial charge in [-0.05, 0) is 31.4 Å². The van der Waals surface area contributed by atoms with Gasteiger partial charge in [0.2, 0.25) is 0 Å². The molecule has 0 radical (unpaired) electrons. The molecule has 1 aromatic rings. The van der Waals surface area contributed by atoms with Crippen molar-refractivity contribution in [3.63, 3.8) is 0 Å². The molecule has 2 rings (SSSR count). The van der Waals surface area contributed by atoms with E-state index in [2.05, 4.69) is 12.2 Å². The second-order valence-corrected chi connectivity index (χ2v) is 3.83. The second-order valence-electron chi connectivity index (χ2n) is 3.83. The van der Waals surface area contributed by atoms with Crippen molar-refractivity contribution in [2.45, 2.75) is 26.0 Å². The largest absolute Gasteiger partial charge is 0.468 e. The fraction of sp³-hybridized carbons (Fsp3) is 0.636. The summed E-state index contributed by atoms with van der Waals surface area (Å²) < 4.78 is 10.7. The highest BCUT2D eigenvalue weighted by atomic mass is 16.5. The van der Waals surface area contributed by atoms with E-state index >= 15 is 0 Å². The van der Waals surface area contributed by atoms with Gasteiger partial charge in [0.05, 0.1) is 18.9 Å². The summed E-state index contributed by atoms with van der Waals surface area (Å²) in [6, 6.07) is 3.90. The zero-order valence-corrected chi connectivity index (χ0v) is 8.53. The third-order valence-electron chi connectivity index (χ3n) is 2.82. The van der Waals surface area contributed by atoms with Gasteiger partial charge in [0, 0.05) is 13.2 Å². The van der Waals surface area contributed by atoms with Crippen molar-refractivity contribution in [2.24, 2.45) is 5.92 Å². The molecule has 78 valence electrons. The van der Waals surface area contributed by atoms with Gasteiger partial charge >= 0.3 is 0 Å². The van der Waals surface area contributed by atoms with Crippen LogP contribution in [0.2, 0.25) is 0 Å². The summed E-state index contributed by atoms with van der Waals surface area (Å²) in [4.78, 5) is 0. The normalized spacial score (nSPS) is 26.9. The predicted molar refractivity (Wildman–Crippen MR) is 53.9 cm³/mol. The lowest BCUT2D eigenvalue weighted by Crippen LogP contribution is -2.26. The van der Waals surface area contributed by atoms with Crippen molar-refractivity contribution >= 4 is 0 Å². The van der Waals surface area contributed by atoms with Gasteiger partial charge in [0.15, 0.2) is 0 Å². The lowest BCUT2D eigenvalue weighted by atomic mass is 10.0. The van der Waals surface area contributed by atoms with Crippen LogP contribution in [0, 0.1) is 5.92 Å². The van der Waals surface area contributed by atoms with Crippen LogP contribution in [0.25, 0.3) is 0 Å². The molecule has 2 heterocycles. The Balaban J connectivity index is 1.68. The van der Waals surface area contributed by atoms with E-state index in [9.17, 15) is 0 Å². The van der Waals surface area contributed by atoms with Crippen LogP contribution in [0.15, 0.2) is 22.8 Å². The summed E-state index contributed by atoms with van der Waals surface area (Å²) in [6.07, 6.45) is 3.28. The summed E-state index contributed by atoms with van der Waals surface area (Å²) in [5.41, 5.74) is 0. The van der Waals surface area contributed by atoms with Crippen molar-refractivity contribution in [3.05, 3.63) is 24.2 Å². The minimum Gasteiger partial charge on any atom is -0.468 e. The van der Waals surface area contributed by atoms with E-state index in [1.165, 1.54) is 6.42 Å². The van der Waals surface area contributed by atoms with Gasteiger partial charge < -0.3 is 14.5 Å². The molecular weight excluding hydrogens is 178 g/mol. The first-order valence-electron chi connectivity index (χ1n) is 5.21. The van der Waals surface area contributed by atoms with E-state index in [0.29, 0.717) is 12.0 Å². The Kier molecular flexibility index (Phi) is 3.22. The van der Waals surface area contributed by atoms with Gasteiger partial charge in [-0.1, -0.05) is 0 Å². The highest BCUT2D eigenvalue weighted by Gasteiger charge is 2.23. The first-order valence-corrected chi connectivity index (χ1v) is 5.21. The summed E-state index contributed by atoms with van der Waals surface area (Å²) in [7, 11) is 0. The molecule has 2 atom stereocenters. The smallest absolute Gasteiger partial charge is 0.117 e. The van der Waals surface area contributed by atoms with Crippen molar-refractivity contribution in [3.8, 4) is 0 Å². The molecule has 0 saturated carbocycles. The lowest BCUT2D eigenvalue weighted by Gasteiger charge is -2.13. The molecule has 0 spiro atoms. The molecule has 0 amide bonds. The average Bonchev–Trinajstić information content (AvgIpc) is 2.78. The summed E-state index contributed by atoms with van der Waals surface area (Å²) in [5, 5.41) is 3.39. The van der Waals surface area contributed by atoms with Crippen LogP contribution in [0.5, 0.6) is 0 Å². The minimum absolute atomic E-state index is 0.402. The number of hydrogen-bond acceptors (Lipinski definition) is 3. The molecule has 0 bridgehead atoms. The average molecular weight is 195 g/mol. The van der Waals surface area contributed by atoms with Crippen LogP contribution in [-0.4, -0.2) is 19.3 Å². The van der Waals surface area contributed by atoms with Crippen molar-refractivity contribution in [2.75, 3.05) is 13.2 Å². The maximum absolute atomic E-state index is 5.49. The van der Waals surface area contributed by atoms with Crippen LogP contribution >= 0.6 is 0 Å². The first-order chi connectivity index (χ1) is 6.86. The molecule has 1 saturated heterocycles. The van der Waals surface area contributed by atoms with Gasteiger partial charge in [-0.15, -0.1) is 0 Å². The number of furan rings is 1. The van der Waals surface area contributed by atoms with E-state index in [0.717, 1.165) is 25.5 Å². The van der Waals surface area contributed by atoms with Gasteiger partial charge in [-0.2, -0.15) is 0 Å². The maximum Gasteiger partial charge on any atom is 0.117 e. The molecule has 1 aliphatic heterocycles. The van der Waals surface area contributed by atoms with Crippen LogP contribution in [-0.2, 0) is 11.3 Å². The molecule has 0 aliphatic carbocycles. The Morgan fingerprint density at radius 3 is 3.14 bits per heavy atom. The zero-order chi connectivity index (χ0) is 9.80. The molecule has 0 aromatic carbocycles. The number of ether oxygens (including phenoxy) is 1. The fourth-order valence-electron chi connectivity index (χ4n) is 1.84. The Bertz CT molecular complexity index is 258. The Morgan fingerprint density at radius 1 is 1.57 bits per heavy atom. The Labute approximate surface area is 84.4 Å². The predicted octanol–water partition coefficient (Wildman–Crippen LogP) is 1.79. The Morgan fingerprint density at radius 2 is 2.50 bits per heavy atom. The van der Waals surface area contributed by atoms with Crippen molar-refractivity contribution in [1.29, 1.82) is 0 Å². The van der Waals surface area contributed by atoms with E-state index in [1.807, 2.05) is 12.1 Å². The number of hydrogen-bond donors (Lipinski definition) is 1. The molecule has 1 N–H and O–H groups in total. The summed E-state index contributed by atoms with van der Waals surface area (Å²) in [6.45, 7) is 4.89. The molecular formula is C11H17NO2. The van der Waals surface area contributed by atoms with Gasteiger partial charge in [0.25, 0.3) is 0 Å². The number of nitrogens with one attached hydrogen (secondary N) is 1.